The minimum absolute atomic E-state index is 0.101. The first kappa shape index (κ1) is 14.0. The fourth-order valence-corrected chi connectivity index (χ4v) is 2.28. The van der Waals surface area contributed by atoms with E-state index in [0.29, 0.717) is 32.4 Å². The fraction of sp³-hybridized carbons (Fsp3) is 0.500. The molecule has 0 spiro atoms. The Morgan fingerprint density at radius 1 is 1.37 bits per heavy atom. The summed E-state index contributed by atoms with van der Waals surface area (Å²) in [7, 11) is 0. The summed E-state index contributed by atoms with van der Waals surface area (Å²) in [6, 6.07) is 5.40. The number of rotatable bonds is 3. The average Bonchev–Trinajstić information content (AvgIpc) is 2.41. The molecule has 1 aromatic rings. The van der Waals surface area contributed by atoms with E-state index in [0.717, 1.165) is 5.56 Å². The number of aliphatic hydroxyl groups is 1. The number of hydrogen-bond donors (Lipinski definition) is 2. The second-order valence-electron chi connectivity index (χ2n) is 4.99. The molecule has 3 N–H and O–H groups in total. The van der Waals surface area contributed by atoms with Crippen molar-refractivity contribution in [2.45, 2.75) is 31.4 Å². The Hall–Kier alpha value is -1.46. The molecule has 19 heavy (non-hydrogen) atoms. The molecule has 1 aromatic carbocycles. The van der Waals surface area contributed by atoms with Gasteiger partial charge in [0.05, 0.1) is 12.1 Å². The average molecular weight is 266 g/mol. The van der Waals surface area contributed by atoms with Gasteiger partial charge in [0.2, 0.25) is 5.91 Å². The summed E-state index contributed by atoms with van der Waals surface area (Å²) in [6.07, 6.45) is 1.31. The standard InChI is InChI=1S/C14H19FN2O2/c15-11-3-1-10(2-4-11)9-13(16)14(19)17-7-5-12(18)6-8-17/h1-4,12-13,18H,5-9,16H2/t13-/m1/s1. The first-order valence-corrected chi connectivity index (χ1v) is 6.53. The first-order valence-electron chi connectivity index (χ1n) is 6.53. The quantitative estimate of drug-likeness (QED) is 0.845. The molecular formula is C14H19FN2O2. The van der Waals surface area contributed by atoms with Gasteiger partial charge in [0.1, 0.15) is 5.82 Å². The summed E-state index contributed by atoms with van der Waals surface area (Å²) in [5, 5.41) is 9.40. The van der Waals surface area contributed by atoms with E-state index in [1.54, 1.807) is 17.0 Å². The van der Waals surface area contributed by atoms with Crippen molar-refractivity contribution in [1.29, 1.82) is 0 Å². The van der Waals surface area contributed by atoms with Gasteiger partial charge in [-0.25, -0.2) is 4.39 Å². The van der Waals surface area contributed by atoms with Gasteiger partial charge in [-0.3, -0.25) is 4.79 Å². The molecule has 5 heteroatoms. The smallest absolute Gasteiger partial charge is 0.239 e. The maximum Gasteiger partial charge on any atom is 0.239 e. The van der Waals surface area contributed by atoms with Crippen LogP contribution in [-0.4, -0.2) is 41.1 Å². The summed E-state index contributed by atoms with van der Waals surface area (Å²) in [4.78, 5) is 13.8. The summed E-state index contributed by atoms with van der Waals surface area (Å²) < 4.78 is 12.8. The summed E-state index contributed by atoms with van der Waals surface area (Å²) in [5.41, 5.74) is 6.75. The van der Waals surface area contributed by atoms with Gasteiger partial charge >= 0.3 is 0 Å². The second-order valence-corrected chi connectivity index (χ2v) is 4.99. The molecule has 0 radical (unpaired) electrons. The maximum atomic E-state index is 12.8. The van der Waals surface area contributed by atoms with E-state index in [4.69, 9.17) is 5.73 Å². The molecule has 2 rings (SSSR count). The van der Waals surface area contributed by atoms with Crippen LogP contribution in [-0.2, 0) is 11.2 Å². The van der Waals surface area contributed by atoms with Gasteiger partial charge in [0.25, 0.3) is 0 Å². The van der Waals surface area contributed by atoms with Crippen molar-refractivity contribution in [2.75, 3.05) is 13.1 Å². The highest BCUT2D eigenvalue weighted by Crippen LogP contribution is 2.12. The van der Waals surface area contributed by atoms with E-state index in [1.165, 1.54) is 12.1 Å². The number of aliphatic hydroxyl groups excluding tert-OH is 1. The molecule has 4 nitrogen and oxygen atoms in total. The highest BCUT2D eigenvalue weighted by atomic mass is 19.1. The molecule has 1 aliphatic rings. The number of amides is 1. The van der Waals surface area contributed by atoms with Crippen LogP contribution in [0.2, 0.25) is 0 Å². The molecule has 1 aliphatic heterocycles. The zero-order valence-corrected chi connectivity index (χ0v) is 10.8. The normalized spacial score (nSPS) is 18.4. The molecule has 1 heterocycles. The van der Waals surface area contributed by atoms with Crippen LogP contribution in [0.3, 0.4) is 0 Å². The Morgan fingerprint density at radius 3 is 2.53 bits per heavy atom. The van der Waals surface area contributed by atoms with Crippen LogP contribution in [0.5, 0.6) is 0 Å². The van der Waals surface area contributed by atoms with Gasteiger partial charge in [-0.05, 0) is 37.0 Å². The van der Waals surface area contributed by atoms with Crippen LogP contribution >= 0.6 is 0 Å². The van der Waals surface area contributed by atoms with E-state index in [9.17, 15) is 14.3 Å². The van der Waals surface area contributed by atoms with Crippen molar-refractivity contribution in [2.24, 2.45) is 5.73 Å². The Morgan fingerprint density at radius 2 is 1.95 bits per heavy atom. The van der Waals surface area contributed by atoms with E-state index in [1.807, 2.05) is 0 Å². The van der Waals surface area contributed by atoms with Crippen molar-refractivity contribution in [1.82, 2.24) is 4.90 Å². The van der Waals surface area contributed by atoms with Crippen LogP contribution in [0, 0.1) is 5.82 Å². The number of carbonyl (C=O) groups is 1. The minimum Gasteiger partial charge on any atom is -0.393 e. The zero-order valence-electron chi connectivity index (χ0n) is 10.8. The lowest BCUT2D eigenvalue weighted by molar-refractivity contribution is -0.134. The number of nitrogens with zero attached hydrogens (tertiary/aromatic N) is 1. The number of piperidine rings is 1. The van der Waals surface area contributed by atoms with Gasteiger partial charge in [0.15, 0.2) is 0 Å². The Labute approximate surface area is 112 Å². The summed E-state index contributed by atoms with van der Waals surface area (Å²) in [5.74, 6) is -0.398. The molecule has 0 aliphatic carbocycles. The fourth-order valence-electron chi connectivity index (χ4n) is 2.28. The van der Waals surface area contributed by atoms with Gasteiger partial charge in [-0.15, -0.1) is 0 Å². The first-order chi connectivity index (χ1) is 9.06. The summed E-state index contributed by atoms with van der Waals surface area (Å²) >= 11 is 0. The number of benzene rings is 1. The van der Waals surface area contributed by atoms with E-state index >= 15 is 0 Å². The molecule has 1 fully saturated rings. The molecule has 1 saturated heterocycles. The van der Waals surface area contributed by atoms with Crippen LogP contribution in [0.4, 0.5) is 4.39 Å². The molecule has 1 amide bonds. The molecule has 104 valence electrons. The highest BCUT2D eigenvalue weighted by molar-refractivity contribution is 5.82. The number of likely N-dealkylation sites (tertiary alicyclic amines) is 1. The number of halogens is 1. The van der Waals surface area contributed by atoms with Gasteiger partial charge < -0.3 is 15.7 Å². The van der Waals surface area contributed by atoms with Crippen LogP contribution in [0.1, 0.15) is 18.4 Å². The number of carbonyl (C=O) groups excluding carboxylic acids is 1. The molecular weight excluding hydrogens is 247 g/mol. The van der Waals surface area contributed by atoms with Gasteiger partial charge in [0, 0.05) is 13.1 Å². The Kier molecular flexibility index (Phi) is 4.50. The predicted molar refractivity (Wildman–Crippen MR) is 69.9 cm³/mol. The van der Waals surface area contributed by atoms with Crippen molar-refractivity contribution in [3.63, 3.8) is 0 Å². The molecule has 0 bridgehead atoms. The lowest BCUT2D eigenvalue weighted by Gasteiger charge is -2.31. The van der Waals surface area contributed by atoms with E-state index < -0.39 is 6.04 Å². The zero-order chi connectivity index (χ0) is 13.8. The third-order valence-electron chi connectivity index (χ3n) is 3.46. The monoisotopic (exact) mass is 266 g/mol. The summed E-state index contributed by atoms with van der Waals surface area (Å²) in [6.45, 7) is 1.11. The van der Waals surface area contributed by atoms with Crippen molar-refractivity contribution < 1.29 is 14.3 Å². The minimum atomic E-state index is -0.610. The molecule has 0 unspecified atom stereocenters. The van der Waals surface area contributed by atoms with E-state index in [2.05, 4.69) is 0 Å². The molecule has 0 aromatic heterocycles. The van der Waals surface area contributed by atoms with Crippen LogP contribution in [0.15, 0.2) is 24.3 Å². The SMILES string of the molecule is N[C@H](Cc1ccc(F)cc1)C(=O)N1CCC(O)CC1. The van der Waals surface area contributed by atoms with Gasteiger partial charge in [-0.1, -0.05) is 12.1 Å². The highest BCUT2D eigenvalue weighted by Gasteiger charge is 2.25. The number of nitrogens with two attached hydrogens (primary N) is 1. The van der Waals surface area contributed by atoms with Crippen molar-refractivity contribution in [3.8, 4) is 0 Å². The molecule has 0 saturated carbocycles. The number of hydrogen-bond acceptors (Lipinski definition) is 3. The largest absolute Gasteiger partial charge is 0.393 e. The third kappa shape index (κ3) is 3.75. The lowest BCUT2D eigenvalue weighted by atomic mass is 10.0. The topological polar surface area (TPSA) is 66.6 Å². The Balaban J connectivity index is 1.90. The van der Waals surface area contributed by atoms with Crippen LogP contribution < -0.4 is 5.73 Å². The predicted octanol–water partition coefficient (Wildman–Crippen LogP) is 0.679. The Bertz CT molecular complexity index is 428. The van der Waals surface area contributed by atoms with Gasteiger partial charge in [-0.2, -0.15) is 0 Å². The lowest BCUT2D eigenvalue weighted by Crippen LogP contribution is -2.48. The second kappa shape index (κ2) is 6.12. The van der Waals surface area contributed by atoms with Crippen molar-refractivity contribution in [3.05, 3.63) is 35.6 Å². The maximum absolute atomic E-state index is 12.8. The van der Waals surface area contributed by atoms with Crippen molar-refractivity contribution >= 4 is 5.91 Å². The molecule has 1 atom stereocenters. The van der Waals surface area contributed by atoms with Crippen LogP contribution in [0.25, 0.3) is 0 Å². The third-order valence-corrected chi connectivity index (χ3v) is 3.46. The van der Waals surface area contributed by atoms with E-state index in [-0.39, 0.29) is 17.8 Å².